The van der Waals surface area contributed by atoms with Crippen molar-refractivity contribution in [2.24, 2.45) is 5.92 Å². The van der Waals surface area contributed by atoms with Crippen molar-refractivity contribution in [2.45, 2.75) is 0 Å². The van der Waals surface area contributed by atoms with Crippen molar-refractivity contribution in [1.29, 1.82) is 0 Å². The zero-order chi connectivity index (χ0) is 13.4. The lowest BCUT2D eigenvalue weighted by Crippen LogP contribution is -2.35. The number of carbonyl (C=O) groups excluding carboxylic acids is 1. The normalized spacial score (nSPS) is 18.5. The average Bonchev–Trinajstić information content (AvgIpc) is 2.41. The van der Waals surface area contributed by atoms with Gasteiger partial charge in [0, 0.05) is 6.54 Å². The van der Waals surface area contributed by atoms with Crippen LogP contribution in [0, 0.1) is 5.92 Å². The first-order valence-corrected chi connectivity index (χ1v) is 6.50. The van der Waals surface area contributed by atoms with E-state index in [1.165, 1.54) is 0 Å². The molecule has 1 aliphatic heterocycles. The molecule has 1 heterocycles. The van der Waals surface area contributed by atoms with E-state index in [9.17, 15) is 4.79 Å². The van der Waals surface area contributed by atoms with E-state index in [1.807, 2.05) is 55.4 Å². The van der Waals surface area contributed by atoms with Gasteiger partial charge in [-0.25, -0.2) is 0 Å². The predicted molar refractivity (Wildman–Crippen MR) is 75.8 cm³/mol. The van der Waals surface area contributed by atoms with Crippen LogP contribution in [0.25, 0.3) is 10.8 Å². The average molecular weight is 255 g/mol. The topological polar surface area (TPSA) is 29.5 Å². The maximum Gasteiger partial charge on any atom is 0.174 e. The summed E-state index contributed by atoms with van der Waals surface area (Å²) < 4.78 is 5.77. The molecule has 1 unspecified atom stereocenters. The molecule has 0 aromatic heterocycles. The Kier molecular flexibility index (Phi) is 2.99. The third-order valence-electron chi connectivity index (χ3n) is 3.53. The Hall–Kier alpha value is -1.87. The summed E-state index contributed by atoms with van der Waals surface area (Å²) in [6.07, 6.45) is 0. The molecule has 0 N–H and O–H groups in total. The van der Waals surface area contributed by atoms with Crippen LogP contribution in [0.4, 0.5) is 0 Å². The Balaban J connectivity index is 2.11. The van der Waals surface area contributed by atoms with Gasteiger partial charge in [-0.1, -0.05) is 30.3 Å². The molecule has 0 saturated heterocycles. The highest BCUT2D eigenvalue weighted by atomic mass is 16.5. The first-order valence-electron chi connectivity index (χ1n) is 6.50. The molecule has 1 atom stereocenters. The lowest BCUT2D eigenvalue weighted by atomic mass is 9.91. The Labute approximate surface area is 112 Å². The molecule has 3 rings (SSSR count). The van der Waals surface area contributed by atoms with E-state index in [1.54, 1.807) is 0 Å². The van der Waals surface area contributed by atoms with E-state index in [0.717, 1.165) is 28.6 Å². The smallest absolute Gasteiger partial charge is 0.174 e. The second kappa shape index (κ2) is 4.67. The van der Waals surface area contributed by atoms with Gasteiger partial charge in [0.05, 0.1) is 18.1 Å². The first kappa shape index (κ1) is 12.2. The molecule has 0 radical (unpaired) electrons. The number of rotatable bonds is 2. The maximum absolute atomic E-state index is 12.7. The quantitative estimate of drug-likeness (QED) is 0.826. The van der Waals surface area contributed by atoms with Crippen LogP contribution >= 0.6 is 0 Å². The van der Waals surface area contributed by atoms with E-state index in [4.69, 9.17) is 4.74 Å². The number of ketones is 1. The zero-order valence-corrected chi connectivity index (χ0v) is 11.2. The van der Waals surface area contributed by atoms with Gasteiger partial charge in [0.15, 0.2) is 5.78 Å². The van der Waals surface area contributed by atoms with E-state index < -0.39 is 0 Å². The van der Waals surface area contributed by atoms with Gasteiger partial charge in [0.2, 0.25) is 0 Å². The minimum Gasteiger partial charge on any atom is -0.492 e. The largest absolute Gasteiger partial charge is 0.492 e. The molecular formula is C16H17NO2. The van der Waals surface area contributed by atoms with Crippen LogP contribution in [0.15, 0.2) is 36.4 Å². The van der Waals surface area contributed by atoms with Crippen molar-refractivity contribution in [1.82, 2.24) is 4.90 Å². The molecule has 2 aromatic rings. The summed E-state index contributed by atoms with van der Waals surface area (Å²) in [5.41, 5.74) is 0.746. The molecule has 0 amide bonds. The molecule has 0 fully saturated rings. The molecule has 1 aliphatic rings. The highest BCUT2D eigenvalue weighted by molar-refractivity contribution is 6.12. The second-order valence-electron chi connectivity index (χ2n) is 5.29. The number of benzene rings is 2. The lowest BCUT2D eigenvalue weighted by molar-refractivity contribution is 0.0799. The van der Waals surface area contributed by atoms with Gasteiger partial charge in [-0.15, -0.1) is 0 Å². The standard InChI is InChI=1S/C16H17NO2/c1-17(2)9-12-10-19-14-8-7-11-5-3-4-6-13(11)15(14)16(12)18/h3-8,12H,9-10H2,1-2H3. The summed E-state index contributed by atoms with van der Waals surface area (Å²) in [6.45, 7) is 1.20. The Morgan fingerprint density at radius 1 is 1.21 bits per heavy atom. The van der Waals surface area contributed by atoms with Gasteiger partial charge in [-0.2, -0.15) is 0 Å². The van der Waals surface area contributed by atoms with Crippen molar-refractivity contribution >= 4 is 16.6 Å². The number of carbonyl (C=O) groups is 1. The SMILES string of the molecule is CN(C)CC1COc2ccc3ccccc3c2C1=O. The minimum atomic E-state index is -0.0756. The molecule has 0 bridgehead atoms. The molecule has 0 spiro atoms. The number of fused-ring (bicyclic) bond motifs is 3. The number of ether oxygens (including phenoxy) is 1. The van der Waals surface area contributed by atoms with E-state index >= 15 is 0 Å². The summed E-state index contributed by atoms with van der Waals surface area (Å²) in [4.78, 5) is 14.7. The predicted octanol–water partition coefficient (Wildman–Crippen LogP) is 2.59. The van der Waals surface area contributed by atoms with E-state index in [-0.39, 0.29) is 11.7 Å². The Morgan fingerprint density at radius 3 is 2.79 bits per heavy atom. The molecule has 19 heavy (non-hydrogen) atoms. The third kappa shape index (κ3) is 2.10. The van der Waals surface area contributed by atoms with Crippen LogP contribution in [0.1, 0.15) is 10.4 Å². The molecule has 2 aromatic carbocycles. The number of hydrogen-bond acceptors (Lipinski definition) is 3. The lowest BCUT2D eigenvalue weighted by Gasteiger charge is -2.27. The van der Waals surface area contributed by atoms with Crippen molar-refractivity contribution in [3.63, 3.8) is 0 Å². The van der Waals surface area contributed by atoms with Crippen LogP contribution < -0.4 is 4.74 Å². The molecule has 3 heteroatoms. The first-order chi connectivity index (χ1) is 9.16. The number of Topliss-reactive ketones (excluding diaryl/α,β-unsaturated/α-hetero) is 1. The molecular weight excluding hydrogens is 238 g/mol. The van der Waals surface area contributed by atoms with Gasteiger partial charge in [0.25, 0.3) is 0 Å². The summed E-state index contributed by atoms with van der Waals surface area (Å²) >= 11 is 0. The van der Waals surface area contributed by atoms with Crippen molar-refractivity contribution in [2.75, 3.05) is 27.2 Å². The zero-order valence-electron chi connectivity index (χ0n) is 11.2. The third-order valence-corrected chi connectivity index (χ3v) is 3.53. The van der Waals surface area contributed by atoms with Crippen molar-refractivity contribution in [3.8, 4) is 5.75 Å². The number of hydrogen-bond donors (Lipinski definition) is 0. The van der Waals surface area contributed by atoms with Gasteiger partial charge in [0.1, 0.15) is 5.75 Å². The highest BCUT2D eigenvalue weighted by Crippen LogP contribution is 2.33. The molecule has 98 valence electrons. The Morgan fingerprint density at radius 2 is 2.00 bits per heavy atom. The van der Waals surface area contributed by atoms with E-state index in [2.05, 4.69) is 0 Å². The molecule has 3 nitrogen and oxygen atoms in total. The van der Waals surface area contributed by atoms with Gasteiger partial charge >= 0.3 is 0 Å². The molecule has 0 saturated carbocycles. The second-order valence-corrected chi connectivity index (χ2v) is 5.29. The monoisotopic (exact) mass is 255 g/mol. The highest BCUT2D eigenvalue weighted by Gasteiger charge is 2.30. The summed E-state index contributed by atoms with van der Waals surface area (Å²) in [5.74, 6) is 0.846. The minimum absolute atomic E-state index is 0.0756. The number of nitrogens with zero attached hydrogens (tertiary/aromatic N) is 1. The summed E-state index contributed by atoms with van der Waals surface area (Å²) in [5, 5.41) is 2.08. The fourth-order valence-corrected chi connectivity index (χ4v) is 2.67. The van der Waals surface area contributed by atoms with Crippen molar-refractivity contribution < 1.29 is 9.53 Å². The van der Waals surface area contributed by atoms with Crippen molar-refractivity contribution in [3.05, 3.63) is 42.0 Å². The fourth-order valence-electron chi connectivity index (χ4n) is 2.67. The van der Waals surface area contributed by atoms with Crippen LogP contribution in [0.2, 0.25) is 0 Å². The summed E-state index contributed by atoms with van der Waals surface area (Å²) in [6, 6.07) is 11.9. The Bertz CT molecular complexity index is 634. The molecule has 0 aliphatic carbocycles. The van der Waals surface area contributed by atoms with Gasteiger partial charge in [-0.05, 0) is 30.9 Å². The van der Waals surface area contributed by atoms with Crippen LogP contribution in [0.3, 0.4) is 0 Å². The maximum atomic E-state index is 12.7. The van der Waals surface area contributed by atoms with E-state index in [0.29, 0.717) is 6.61 Å². The van der Waals surface area contributed by atoms with Crippen LogP contribution in [-0.2, 0) is 0 Å². The van der Waals surface area contributed by atoms with Gasteiger partial charge in [-0.3, -0.25) is 4.79 Å². The van der Waals surface area contributed by atoms with Crippen LogP contribution in [0.5, 0.6) is 5.75 Å². The fraction of sp³-hybridized carbons (Fsp3) is 0.312. The van der Waals surface area contributed by atoms with Gasteiger partial charge < -0.3 is 9.64 Å². The summed E-state index contributed by atoms with van der Waals surface area (Å²) in [7, 11) is 3.96. The van der Waals surface area contributed by atoms with Crippen LogP contribution in [-0.4, -0.2) is 37.9 Å².